The quantitative estimate of drug-likeness (QED) is 0.863. The summed E-state index contributed by atoms with van der Waals surface area (Å²) in [5.41, 5.74) is 0.399. The van der Waals surface area contributed by atoms with Crippen molar-refractivity contribution < 1.29 is 18.3 Å². The maximum atomic E-state index is 13.8. The lowest BCUT2D eigenvalue weighted by molar-refractivity contribution is 0.101. The average Bonchev–Trinajstić information content (AvgIpc) is 3.03. The van der Waals surface area contributed by atoms with Crippen LogP contribution in [0.3, 0.4) is 0 Å². The van der Waals surface area contributed by atoms with Crippen LogP contribution in [-0.2, 0) is 4.74 Å². The number of nitrogens with zero attached hydrogens (tertiary/aromatic N) is 1. The third-order valence-corrected chi connectivity index (χ3v) is 3.85. The van der Waals surface area contributed by atoms with Crippen molar-refractivity contribution in [3.63, 3.8) is 0 Å². The van der Waals surface area contributed by atoms with Gasteiger partial charge < -0.3 is 10.1 Å². The maximum Gasteiger partial charge on any atom is 0.261 e. The Labute approximate surface area is 143 Å². The molecule has 130 valence electrons. The molecule has 0 bridgehead atoms. The van der Waals surface area contributed by atoms with E-state index in [1.165, 1.54) is 12.3 Å². The molecule has 1 heterocycles. The number of carbonyl (C=O) groups excluding carboxylic acids is 1. The molecule has 3 rings (SSSR count). The minimum atomic E-state index is -0.915. The van der Waals surface area contributed by atoms with Crippen molar-refractivity contribution in [1.29, 1.82) is 0 Å². The molecule has 0 fully saturated rings. The predicted octanol–water partition coefficient (Wildman–Crippen LogP) is 3.90. The molecule has 0 spiro atoms. The van der Waals surface area contributed by atoms with Gasteiger partial charge in [-0.05, 0) is 25.1 Å². The zero-order valence-corrected chi connectivity index (χ0v) is 13.6. The number of anilines is 1. The van der Waals surface area contributed by atoms with Crippen molar-refractivity contribution in [2.45, 2.75) is 19.3 Å². The van der Waals surface area contributed by atoms with Gasteiger partial charge in [-0.2, -0.15) is 5.10 Å². The SMILES string of the molecule is CCOC1=CC=CC(c2[nH]ncc2NC(=O)c2c(F)cccc2F)C1. The number of rotatable bonds is 5. The predicted molar refractivity (Wildman–Crippen MR) is 89.1 cm³/mol. The molecule has 1 atom stereocenters. The summed E-state index contributed by atoms with van der Waals surface area (Å²) in [6.45, 7) is 2.46. The van der Waals surface area contributed by atoms with Gasteiger partial charge in [0.05, 0.1) is 29.9 Å². The third kappa shape index (κ3) is 3.60. The van der Waals surface area contributed by atoms with Crippen LogP contribution < -0.4 is 5.32 Å². The van der Waals surface area contributed by atoms with Crippen LogP contribution in [0.5, 0.6) is 0 Å². The molecule has 0 aliphatic heterocycles. The highest BCUT2D eigenvalue weighted by molar-refractivity contribution is 6.04. The van der Waals surface area contributed by atoms with Crippen molar-refractivity contribution in [2.24, 2.45) is 0 Å². The Morgan fingerprint density at radius 2 is 2.16 bits per heavy atom. The number of benzene rings is 1. The fraction of sp³-hybridized carbons (Fsp3) is 0.222. The van der Waals surface area contributed by atoms with Crippen LogP contribution in [0.4, 0.5) is 14.5 Å². The van der Waals surface area contributed by atoms with Gasteiger partial charge in [-0.1, -0.05) is 18.2 Å². The fourth-order valence-corrected chi connectivity index (χ4v) is 2.72. The number of aromatic amines is 1. The molecule has 2 aromatic rings. The zero-order valence-electron chi connectivity index (χ0n) is 13.6. The monoisotopic (exact) mass is 345 g/mol. The van der Waals surface area contributed by atoms with E-state index in [-0.39, 0.29) is 5.92 Å². The van der Waals surface area contributed by atoms with Gasteiger partial charge in [-0.3, -0.25) is 9.89 Å². The topological polar surface area (TPSA) is 67.0 Å². The summed E-state index contributed by atoms with van der Waals surface area (Å²) in [4.78, 5) is 12.3. The van der Waals surface area contributed by atoms with Crippen molar-refractivity contribution in [3.05, 3.63) is 71.3 Å². The van der Waals surface area contributed by atoms with E-state index in [1.807, 2.05) is 25.2 Å². The number of nitrogens with one attached hydrogen (secondary N) is 2. The summed E-state index contributed by atoms with van der Waals surface area (Å²) in [6, 6.07) is 3.29. The summed E-state index contributed by atoms with van der Waals surface area (Å²) in [7, 11) is 0. The van der Waals surface area contributed by atoms with Crippen LogP contribution in [0.15, 0.2) is 48.4 Å². The Hall–Kier alpha value is -2.96. The highest BCUT2D eigenvalue weighted by atomic mass is 19.1. The second-order valence-corrected chi connectivity index (χ2v) is 5.51. The van der Waals surface area contributed by atoms with Crippen LogP contribution in [-0.4, -0.2) is 22.7 Å². The molecule has 1 aliphatic rings. The molecule has 25 heavy (non-hydrogen) atoms. The highest BCUT2D eigenvalue weighted by Crippen LogP contribution is 2.32. The summed E-state index contributed by atoms with van der Waals surface area (Å²) in [5.74, 6) is -1.96. The number of carbonyl (C=O) groups is 1. The Morgan fingerprint density at radius 1 is 1.40 bits per heavy atom. The second kappa shape index (κ2) is 7.29. The Morgan fingerprint density at radius 3 is 2.88 bits per heavy atom. The molecule has 0 radical (unpaired) electrons. The summed E-state index contributed by atoms with van der Waals surface area (Å²) in [6.07, 6.45) is 7.70. The van der Waals surface area contributed by atoms with Crippen molar-refractivity contribution in [2.75, 3.05) is 11.9 Å². The van der Waals surface area contributed by atoms with Gasteiger partial charge in [0.2, 0.25) is 0 Å². The van der Waals surface area contributed by atoms with E-state index in [9.17, 15) is 13.6 Å². The van der Waals surface area contributed by atoms with E-state index >= 15 is 0 Å². The first-order valence-electron chi connectivity index (χ1n) is 7.89. The molecule has 0 saturated heterocycles. The van der Waals surface area contributed by atoms with E-state index in [1.54, 1.807) is 0 Å². The largest absolute Gasteiger partial charge is 0.498 e. The van der Waals surface area contributed by atoms with Gasteiger partial charge in [0.15, 0.2) is 0 Å². The van der Waals surface area contributed by atoms with Gasteiger partial charge in [0.25, 0.3) is 5.91 Å². The van der Waals surface area contributed by atoms with Gasteiger partial charge >= 0.3 is 0 Å². The number of H-pyrrole nitrogens is 1. The number of aromatic nitrogens is 2. The first-order valence-corrected chi connectivity index (χ1v) is 7.89. The van der Waals surface area contributed by atoms with Crippen LogP contribution in [0.2, 0.25) is 0 Å². The maximum absolute atomic E-state index is 13.8. The lowest BCUT2D eigenvalue weighted by atomic mass is 9.95. The number of halogens is 2. The number of amides is 1. The van der Waals surface area contributed by atoms with E-state index in [2.05, 4.69) is 15.5 Å². The second-order valence-electron chi connectivity index (χ2n) is 5.51. The molecule has 2 N–H and O–H groups in total. The Balaban J connectivity index is 1.80. The lowest BCUT2D eigenvalue weighted by Crippen LogP contribution is -2.17. The molecule has 1 aromatic carbocycles. The van der Waals surface area contributed by atoms with Crippen LogP contribution in [0.25, 0.3) is 0 Å². The van der Waals surface area contributed by atoms with E-state index < -0.39 is 23.1 Å². The number of allylic oxidation sites excluding steroid dienone is 4. The molecular weight excluding hydrogens is 328 g/mol. The Kier molecular flexibility index (Phi) is 4.92. The van der Waals surface area contributed by atoms with Crippen LogP contribution in [0, 0.1) is 11.6 Å². The zero-order chi connectivity index (χ0) is 17.8. The molecule has 7 heteroatoms. The first kappa shape index (κ1) is 16.9. The van der Waals surface area contributed by atoms with E-state index in [0.717, 1.165) is 17.9 Å². The van der Waals surface area contributed by atoms with Crippen molar-refractivity contribution >= 4 is 11.6 Å². The fourth-order valence-electron chi connectivity index (χ4n) is 2.72. The smallest absolute Gasteiger partial charge is 0.261 e. The summed E-state index contributed by atoms with van der Waals surface area (Å²) in [5, 5.41) is 9.30. The number of hydrogen-bond acceptors (Lipinski definition) is 3. The van der Waals surface area contributed by atoms with Gasteiger partial charge in [0, 0.05) is 12.3 Å². The molecule has 5 nitrogen and oxygen atoms in total. The van der Waals surface area contributed by atoms with Crippen molar-refractivity contribution in [1.82, 2.24) is 10.2 Å². The van der Waals surface area contributed by atoms with Gasteiger partial charge in [0.1, 0.15) is 17.2 Å². The molecular formula is C18H17F2N3O2. The number of hydrogen-bond donors (Lipinski definition) is 2. The average molecular weight is 345 g/mol. The number of ether oxygens (including phenoxy) is 1. The molecule has 1 aromatic heterocycles. The lowest BCUT2D eigenvalue weighted by Gasteiger charge is -2.19. The van der Waals surface area contributed by atoms with E-state index in [0.29, 0.717) is 24.4 Å². The van der Waals surface area contributed by atoms with Crippen LogP contribution >= 0.6 is 0 Å². The van der Waals surface area contributed by atoms with Crippen LogP contribution in [0.1, 0.15) is 35.3 Å². The normalized spacial score (nSPS) is 16.4. The Bertz CT molecular complexity index is 822. The minimum Gasteiger partial charge on any atom is -0.498 e. The molecule has 1 aliphatic carbocycles. The summed E-state index contributed by atoms with van der Waals surface area (Å²) >= 11 is 0. The van der Waals surface area contributed by atoms with Gasteiger partial charge in [-0.25, -0.2) is 8.78 Å². The third-order valence-electron chi connectivity index (χ3n) is 3.85. The highest BCUT2D eigenvalue weighted by Gasteiger charge is 2.23. The molecule has 1 amide bonds. The molecule has 0 saturated carbocycles. The summed E-state index contributed by atoms with van der Waals surface area (Å²) < 4.78 is 33.0. The van der Waals surface area contributed by atoms with E-state index in [4.69, 9.17) is 4.74 Å². The molecule has 1 unspecified atom stereocenters. The van der Waals surface area contributed by atoms with Crippen molar-refractivity contribution in [3.8, 4) is 0 Å². The standard InChI is InChI=1S/C18H17F2N3O2/c1-2-25-12-6-3-5-11(9-12)17-15(10-21-23-17)22-18(24)16-13(19)7-4-8-14(16)20/h3-8,10-11H,2,9H2,1H3,(H,21,23)(H,22,24). The minimum absolute atomic E-state index is 0.0881. The first-order chi connectivity index (χ1) is 12.1. The van der Waals surface area contributed by atoms with Gasteiger partial charge in [-0.15, -0.1) is 0 Å².